The van der Waals surface area contributed by atoms with Gasteiger partial charge in [-0.1, -0.05) is 15.9 Å². The fraction of sp³-hybridized carbons (Fsp3) is 0.455. The van der Waals surface area contributed by atoms with Crippen LogP contribution in [0.3, 0.4) is 0 Å². The minimum Gasteiger partial charge on any atom is -0.491 e. The first kappa shape index (κ1) is 15.7. The van der Waals surface area contributed by atoms with Crippen molar-refractivity contribution in [2.75, 3.05) is 11.9 Å². The van der Waals surface area contributed by atoms with E-state index in [1.54, 1.807) is 0 Å². The summed E-state index contributed by atoms with van der Waals surface area (Å²) >= 11 is 10.4. The first-order chi connectivity index (χ1) is 7.65. The van der Waals surface area contributed by atoms with Gasteiger partial charge in [-0.05, 0) is 99.2 Å². The van der Waals surface area contributed by atoms with Gasteiger partial charge in [-0.3, -0.25) is 0 Å². The number of ether oxygens (including phenoxy) is 1. The Hall–Kier alpha value is 1.69. The number of hydrogen-bond donors (Lipinski definition) is 0. The third kappa shape index (κ3) is 5.55. The van der Waals surface area contributed by atoms with Crippen molar-refractivity contribution in [3.05, 3.63) is 22.8 Å². The molecule has 0 fully saturated rings. The van der Waals surface area contributed by atoms with Crippen LogP contribution in [0.15, 0.2) is 12.1 Å². The molecule has 0 saturated heterocycles. The Bertz CT molecular complexity index is 321. The Morgan fingerprint density at radius 3 is 2.19 bits per heavy atom. The summed E-state index contributed by atoms with van der Waals surface area (Å²) in [6.45, 7) is 0.819. The van der Waals surface area contributed by atoms with Crippen molar-refractivity contribution >= 4 is 83.7 Å². The second-order valence-corrected chi connectivity index (χ2v) is 7.66. The molecule has 0 aliphatic rings. The van der Waals surface area contributed by atoms with Gasteiger partial charge in [-0.2, -0.15) is 0 Å². The predicted molar refractivity (Wildman–Crippen MR) is 97.7 cm³/mol. The van der Waals surface area contributed by atoms with Crippen molar-refractivity contribution in [1.29, 1.82) is 0 Å². The standard InChI is InChI=1S/C11H12BrI3O/c12-4-2-1-3-5-16-11-9(14)6-8(13)7-10(11)15/h6-7H,1-5H2. The van der Waals surface area contributed by atoms with Crippen LogP contribution < -0.4 is 4.74 Å². The zero-order valence-corrected chi connectivity index (χ0v) is 16.7. The van der Waals surface area contributed by atoms with Gasteiger partial charge in [-0.25, -0.2) is 0 Å². The highest BCUT2D eigenvalue weighted by molar-refractivity contribution is 14.1. The maximum Gasteiger partial charge on any atom is 0.145 e. The smallest absolute Gasteiger partial charge is 0.145 e. The number of unbranched alkanes of at least 4 members (excludes halogenated alkanes) is 2. The maximum atomic E-state index is 5.84. The van der Waals surface area contributed by atoms with Crippen LogP contribution in [-0.2, 0) is 0 Å². The lowest BCUT2D eigenvalue weighted by Gasteiger charge is -2.10. The van der Waals surface area contributed by atoms with Crippen molar-refractivity contribution in [3.8, 4) is 5.75 Å². The number of rotatable bonds is 6. The van der Waals surface area contributed by atoms with Crippen LogP contribution in [0.2, 0.25) is 0 Å². The molecule has 0 N–H and O–H groups in total. The molecule has 5 heteroatoms. The highest BCUT2D eigenvalue weighted by Crippen LogP contribution is 2.29. The van der Waals surface area contributed by atoms with E-state index in [1.807, 2.05) is 0 Å². The van der Waals surface area contributed by atoms with Gasteiger partial charge in [0.2, 0.25) is 0 Å². The van der Waals surface area contributed by atoms with E-state index in [4.69, 9.17) is 4.74 Å². The van der Waals surface area contributed by atoms with Gasteiger partial charge in [-0.15, -0.1) is 0 Å². The fourth-order valence-electron chi connectivity index (χ4n) is 1.21. The van der Waals surface area contributed by atoms with Gasteiger partial charge in [0.25, 0.3) is 0 Å². The first-order valence-corrected chi connectivity index (χ1v) is 9.34. The van der Waals surface area contributed by atoms with Crippen LogP contribution in [0.1, 0.15) is 19.3 Å². The second kappa shape index (κ2) is 8.73. The number of halogens is 4. The van der Waals surface area contributed by atoms with Crippen molar-refractivity contribution in [2.24, 2.45) is 0 Å². The van der Waals surface area contributed by atoms with Gasteiger partial charge in [0.1, 0.15) is 5.75 Å². The van der Waals surface area contributed by atoms with Crippen LogP contribution in [0.4, 0.5) is 0 Å². The molecule has 0 unspecified atom stereocenters. The molecule has 1 rings (SSSR count). The fourth-order valence-corrected chi connectivity index (χ4v) is 5.50. The highest BCUT2D eigenvalue weighted by atomic mass is 127. The van der Waals surface area contributed by atoms with Crippen LogP contribution in [0.5, 0.6) is 5.75 Å². The van der Waals surface area contributed by atoms with Crippen LogP contribution in [0, 0.1) is 10.7 Å². The van der Waals surface area contributed by atoms with E-state index < -0.39 is 0 Å². The molecule has 0 aromatic heterocycles. The molecule has 0 heterocycles. The van der Waals surface area contributed by atoms with Gasteiger partial charge in [0.15, 0.2) is 0 Å². The largest absolute Gasteiger partial charge is 0.491 e. The molecule has 0 radical (unpaired) electrons. The normalized spacial score (nSPS) is 10.5. The molecule has 0 bridgehead atoms. The van der Waals surface area contributed by atoms with E-state index in [0.29, 0.717) is 0 Å². The van der Waals surface area contributed by atoms with Gasteiger partial charge < -0.3 is 4.74 Å². The lowest BCUT2D eigenvalue weighted by atomic mass is 10.3. The van der Waals surface area contributed by atoms with Gasteiger partial charge >= 0.3 is 0 Å². The Balaban J connectivity index is 2.47. The number of alkyl halides is 1. The lowest BCUT2D eigenvalue weighted by molar-refractivity contribution is 0.302. The molecule has 0 amide bonds. The average Bonchev–Trinajstić information content (AvgIpc) is 2.20. The first-order valence-electron chi connectivity index (χ1n) is 4.98. The van der Waals surface area contributed by atoms with Gasteiger partial charge in [0, 0.05) is 8.90 Å². The Morgan fingerprint density at radius 2 is 1.62 bits per heavy atom. The summed E-state index contributed by atoms with van der Waals surface area (Å²) in [6.07, 6.45) is 3.58. The number of hydrogen-bond acceptors (Lipinski definition) is 1. The molecule has 1 aromatic carbocycles. The molecular formula is C11H12BrI3O. The van der Waals surface area contributed by atoms with E-state index in [-0.39, 0.29) is 0 Å². The zero-order chi connectivity index (χ0) is 12.0. The summed E-state index contributed by atoms with van der Waals surface area (Å²) in [7, 11) is 0. The van der Waals surface area contributed by atoms with Crippen LogP contribution >= 0.6 is 83.7 Å². The summed E-state index contributed by atoms with van der Waals surface area (Å²) in [4.78, 5) is 0. The molecule has 16 heavy (non-hydrogen) atoms. The molecule has 90 valence electrons. The predicted octanol–water partition coefficient (Wildman–Crippen LogP) is 5.44. The zero-order valence-electron chi connectivity index (χ0n) is 8.61. The molecule has 1 aromatic rings. The van der Waals surface area contributed by atoms with E-state index >= 15 is 0 Å². The summed E-state index contributed by atoms with van der Waals surface area (Å²) < 4.78 is 9.50. The molecule has 0 aliphatic carbocycles. The molecule has 0 atom stereocenters. The SMILES string of the molecule is BrCCCCCOc1c(I)cc(I)cc1I. The summed E-state index contributed by atoms with van der Waals surface area (Å²) in [6, 6.07) is 4.30. The van der Waals surface area contributed by atoms with Crippen LogP contribution in [-0.4, -0.2) is 11.9 Å². The average molecular weight is 621 g/mol. The van der Waals surface area contributed by atoms with Crippen molar-refractivity contribution in [2.45, 2.75) is 19.3 Å². The van der Waals surface area contributed by atoms with E-state index in [2.05, 4.69) is 95.8 Å². The molecule has 0 aliphatic heterocycles. The lowest BCUT2D eigenvalue weighted by Crippen LogP contribution is -2.01. The van der Waals surface area contributed by atoms with Crippen molar-refractivity contribution < 1.29 is 4.74 Å². The Kier molecular flexibility index (Phi) is 8.60. The summed E-state index contributed by atoms with van der Waals surface area (Å²) in [5, 5.41) is 1.09. The van der Waals surface area contributed by atoms with E-state index in [0.717, 1.165) is 24.1 Å². The van der Waals surface area contributed by atoms with Crippen molar-refractivity contribution in [3.63, 3.8) is 0 Å². The topological polar surface area (TPSA) is 9.23 Å². The van der Waals surface area contributed by atoms with E-state index in [9.17, 15) is 0 Å². The second-order valence-electron chi connectivity index (χ2n) is 3.30. The van der Waals surface area contributed by atoms with Crippen molar-refractivity contribution in [1.82, 2.24) is 0 Å². The molecular weight excluding hydrogens is 609 g/mol. The molecule has 0 saturated carbocycles. The van der Waals surface area contributed by atoms with Crippen LogP contribution in [0.25, 0.3) is 0 Å². The highest BCUT2D eigenvalue weighted by Gasteiger charge is 2.07. The molecule has 0 spiro atoms. The molecule has 1 nitrogen and oxygen atoms in total. The quantitative estimate of drug-likeness (QED) is 0.234. The monoisotopic (exact) mass is 620 g/mol. The third-order valence-electron chi connectivity index (χ3n) is 1.99. The Morgan fingerprint density at radius 1 is 1.00 bits per heavy atom. The summed E-state index contributed by atoms with van der Waals surface area (Å²) in [5.74, 6) is 1.04. The maximum absolute atomic E-state index is 5.84. The van der Waals surface area contributed by atoms with Gasteiger partial charge in [0.05, 0.1) is 13.7 Å². The number of benzene rings is 1. The van der Waals surface area contributed by atoms with E-state index in [1.165, 1.54) is 23.6 Å². The Labute approximate surface area is 146 Å². The third-order valence-corrected chi connectivity index (χ3v) is 4.77. The minimum atomic E-state index is 0.819. The minimum absolute atomic E-state index is 0.819. The summed E-state index contributed by atoms with van der Waals surface area (Å²) in [5.41, 5.74) is 0.